The van der Waals surface area contributed by atoms with E-state index in [1.165, 1.54) is 19.4 Å². The lowest BCUT2D eigenvalue weighted by molar-refractivity contribution is -0.272. The minimum Gasteiger partial charge on any atom is -0.374 e. The molecule has 0 aromatic carbocycles. The van der Waals surface area contributed by atoms with E-state index in [9.17, 15) is 23.1 Å². The predicted molar refractivity (Wildman–Crippen MR) is 81.1 cm³/mol. The first-order valence-electron chi connectivity index (χ1n) is 7.95. The Kier molecular flexibility index (Phi) is 5.42. The number of imidazole rings is 1. The van der Waals surface area contributed by atoms with Crippen molar-refractivity contribution in [2.45, 2.75) is 38.0 Å². The highest BCUT2D eigenvalue weighted by Crippen LogP contribution is 2.40. The Hall–Kier alpha value is -1.77. The number of halogens is 3. The molecule has 1 aliphatic heterocycles. The molecule has 2 N–H and O–H groups in total. The predicted octanol–water partition coefficient (Wildman–Crippen LogP) is 2.00. The molecule has 1 aromatic rings. The molecule has 0 unspecified atom stereocenters. The number of aromatic nitrogens is 2. The van der Waals surface area contributed by atoms with Crippen LogP contribution in [0.4, 0.5) is 18.0 Å². The average molecular weight is 348 g/mol. The van der Waals surface area contributed by atoms with Gasteiger partial charge >= 0.3 is 12.2 Å². The van der Waals surface area contributed by atoms with Crippen molar-refractivity contribution in [2.75, 3.05) is 19.6 Å². The van der Waals surface area contributed by atoms with E-state index in [0.717, 1.165) is 17.4 Å². The van der Waals surface area contributed by atoms with Crippen LogP contribution in [0, 0.1) is 5.92 Å². The van der Waals surface area contributed by atoms with E-state index in [1.54, 1.807) is 4.90 Å². The fraction of sp³-hybridized carbons (Fsp3) is 0.733. The maximum Gasteiger partial charge on any atom is 0.424 e. The number of likely N-dealkylation sites (tertiary alicyclic amines) is 1. The van der Waals surface area contributed by atoms with E-state index in [-0.39, 0.29) is 6.54 Å². The molecule has 0 bridgehead atoms. The van der Waals surface area contributed by atoms with Crippen molar-refractivity contribution >= 4 is 6.03 Å². The van der Waals surface area contributed by atoms with Gasteiger partial charge in [-0.25, -0.2) is 9.78 Å². The van der Waals surface area contributed by atoms with E-state index >= 15 is 0 Å². The second kappa shape index (κ2) is 7.00. The Morgan fingerprint density at radius 1 is 1.50 bits per heavy atom. The monoisotopic (exact) mass is 348 g/mol. The Bertz CT molecular complexity index is 575. The van der Waals surface area contributed by atoms with Gasteiger partial charge in [0.05, 0.1) is 0 Å². The number of hydrogen-bond acceptors (Lipinski definition) is 3. The van der Waals surface area contributed by atoms with Crippen LogP contribution >= 0.6 is 0 Å². The van der Waals surface area contributed by atoms with Crippen LogP contribution in [0.5, 0.6) is 0 Å². The summed E-state index contributed by atoms with van der Waals surface area (Å²) in [6.07, 6.45) is -1.14. The highest BCUT2D eigenvalue weighted by atomic mass is 19.4. The van der Waals surface area contributed by atoms with E-state index < -0.39 is 30.1 Å². The summed E-state index contributed by atoms with van der Waals surface area (Å²) in [5.74, 6) is -0.111. The summed E-state index contributed by atoms with van der Waals surface area (Å²) in [5.41, 5.74) is -3.10. The highest BCUT2D eigenvalue weighted by molar-refractivity contribution is 5.74. The van der Waals surface area contributed by atoms with Gasteiger partial charge in [0, 0.05) is 45.5 Å². The SMILES string of the molecule is C[C@H]1CCCN(C(=O)NCC[C@@](O)(c2nccn2C)C(F)(F)F)C1. The van der Waals surface area contributed by atoms with Crippen LogP contribution in [-0.4, -0.2) is 51.4 Å². The van der Waals surface area contributed by atoms with Crippen molar-refractivity contribution in [2.24, 2.45) is 13.0 Å². The summed E-state index contributed by atoms with van der Waals surface area (Å²) in [5, 5.41) is 12.7. The number of alkyl halides is 3. The zero-order valence-corrected chi connectivity index (χ0v) is 13.8. The zero-order valence-electron chi connectivity index (χ0n) is 13.8. The average Bonchev–Trinajstić information content (AvgIpc) is 2.92. The van der Waals surface area contributed by atoms with Crippen molar-refractivity contribution in [1.82, 2.24) is 19.8 Å². The number of aryl methyl sites for hydroxylation is 1. The third-order valence-electron chi connectivity index (χ3n) is 4.37. The number of aliphatic hydroxyl groups is 1. The quantitative estimate of drug-likeness (QED) is 0.874. The maximum atomic E-state index is 13.4. The maximum absolute atomic E-state index is 13.4. The fourth-order valence-electron chi connectivity index (χ4n) is 2.98. The smallest absolute Gasteiger partial charge is 0.374 e. The van der Waals surface area contributed by atoms with Gasteiger partial charge in [-0.1, -0.05) is 6.92 Å². The fourth-order valence-corrected chi connectivity index (χ4v) is 2.98. The van der Waals surface area contributed by atoms with Crippen LogP contribution in [0.25, 0.3) is 0 Å². The van der Waals surface area contributed by atoms with Gasteiger partial charge in [-0.3, -0.25) is 0 Å². The van der Waals surface area contributed by atoms with Crippen LogP contribution in [0.3, 0.4) is 0 Å². The number of nitrogens with one attached hydrogen (secondary N) is 1. The number of urea groups is 1. The summed E-state index contributed by atoms with van der Waals surface area (Å²) < 4.78 is 41.2. The number of hydrogen-bond donors (Lipinski definition) is 2. The van der Waals surface area contributed by atoms with Crippen molar-refractivity contribution in [3.05, 3.63) is 18.2 Å². The largest absolute Gasteiger partial charge is 0.424 e. The van der Waals surface area contributed by atoms with E-state index in [0.29, 0.717) is 19.0 Å². The van der Waals surface area contributed by atoms with Gasteiger partial charge in [-0.2, -0.15) is 13.2 Å². The van der Waals surface area contributed by atoms with Gasteiger partial charge < -0.3 is 19.9 Å². The summed E-state index contributed by atoms with van der Waals surface area (Å²) >= 11 is 0. The van der Waals surface area contributed by atoms with Crippen molar-refractivity contribution in [1.29, 1.82) is 0 Å². The van der Waals surface area contributed by atoms with Gasteiger partial charge in [0.2, 0.25) is 5.60 Å². The molecule has 0 aliphatic carbocycles. The first kappa shape index (κ1) is 18.6. The van der Waals surface area contributed by atoms with Gasteiger partial charge in [-0.15, -0.1) is 0 Å². The minimum atomic E-state index is -4.89. The molecule has 2 atom stereocenters. The van der Waals surface area contributed by atoms with Crippen LogP contribution in [0.2, 0.25) is 0 Å². The van der Waals surface area contributed by atoms with Gasteiger partial charge in [-0.05, 0) is 18.8 Å². The third-order valence-corrected chi connectivity index (χ3v) is 4.37. The van der Waals surface area contributed by atoms with Gasteiger partial charge in [0.1, 0.15) is 5.82 Å². The Morgan fingerprint density at radius 2 is 2.21 bits per heavy atom. The molecule has 0 radical (unpaired) electrons. The molecule has 6 nitrogen and oxygen atoms in total. The molecule has 136 valence electrons. The lowest BCUT2D eigenvalue weighted by atomic mass is 9.97. The number of piperidine rings is 1. The Balaban J connectivity index is 1.99. The number of rotatable bonds is 4. The number of amides is 2. The van der Waals surface area contributed by atoms with Crippen LogP contribution < -0.4 is 5.32 Å². The third kappa shape index (κ3) is 3.82. The van der Waals surface area contributed by atoms with E-state index in [4.69, 9.17) is 0 Å². The van der Waals surface area contributed by atoms with Crippen LogP contribution in [0.1, 0.15) is 32.0 Å². The lowest BCUT2D eigenvalue weighted by Gasteiger charge is -2.32. The highest BCUT2D eigenvalue weighted by Gasteiger charge is 2.57. The molecule has 2 heterocycles. The molecule has 9 heteroatoms. The van der Waals surface area contributed by atoms with Crippen molar-refractivity contribution < 1.29 is 23.1 Å². The number of carbonyl (C=O) groups excluding carboxylic acids is 1. The minimum absolute atomic E-state index is 0.299. The van der Waals surface area contributed by atoms with E-state index in [1.807, 2.05) is 6.92 Å². The lowest BCUT2D eigenvalue weighted by Crippen LogP contribution is -2.49. The van der Waals surface area contributed by atoms with E-state index in [2.05, 4.69) is 10.3 Å². The molecule has 2 amide bonds. The van der Waals surface area contributed by atoms with Gasteiger partial charge in [0.25, 0.3) is 0 Å². The summed E-state index contributed by atoms with van der Waals surface area (Å²) in [4.78, 5) is 17.3. The number of nitrogens with zero attached hydrogens (tertiary/aromatic N) is 3. The molecule has 1 saturated heterocycles. The Morgan fingerprint density at radius 3 is 2.75 bits per heavy atom. The zero-order chi connectivity index (χ0) is 18.0. The van der Waals surface area contributed by atoms with Gasteiger partial charge in [0.15, 0.2) is 0 Å². The van der Waals surface area contributed by atoms with Crippen molar-refractivity contribution in [3.8, 4) is 0 Å². The normalized spacial score (nSPS) is 21.4. The molecule has 1 fully saturated rings. The summed E-state index contributed by atoms with van der Waals surface area (Å²) in [7, 11) is 1.38. The summed E-state index contributed by atoms with van der Waals surface area (Å²) in [6, 6.07) is -0.397. The first-order valence-corrected chi connectivity index (χ1v) is 7.95. The molecule has 0 spiro atoms. The Labute approximate surface area is 138 Å². The molecule has 0 saturated carbocycles. The second-order valence-electron chi connectivity index (χ2n) is 6.40. The molecule has 2 rings (SSSR count). The molecular formula is C15H23F3N4O2. The summed E-state index contributed by atoms with van der Waals surface area (Å²) in [6.45, 7) is 2.92. The molecule has 24 heavy (non-hydrogen) atoms. The van der Waals surface area contributed by atoms with Crippen LogP contribution in [0.15, 0.2) is 12.4 Å². The topological polar surface area (TPSA) is 70.4 Å². The molecule has 1 aromatic heterocycles. The van der Waals surface area contributed by atoms with Crippen LogP contribution in [-0.2, 0) is 12.6 Å². The molecular weight excluding hydrogens is 325 g/mol. The first-order chi connectivity index (χ1) is 11.1. The standard InChI is InChI=1S/C15H23F3N4O2/c1-11-4-3-8-22(10-11)13(23)20-6-5-14(24,15(16,17)18)12-19-7-9-21(12)2/h7,9,11,24H,3-6,8,10H2,1-2H3,(H,20,23)/t11-,14+/m0/s1. The second-order valence-corrected chi connectivity index (χ2v) is 6.40. The molecule has 1 aliphatic rings. The number of carbonyl (C=O) groups is 1. The van der Waals surface area contributed by atoms with Crippen molar-refractivity contribution in [3.63, 3.8) is 0 Å².